The van der Waals surface area contributed by atoms with E-state index in [1.165, 1.54) is 48.5 Å². The molecule has 0 saturated heterocycles. The van der Waals surface area contributed by atoms with Gasteiger partial charge in [0.2, 0.25) is 0 Å². The molecular weight excluding hydrogens is 411 g/mol. The average Bonchev–Trinajstić information content (AvgIpc) is 2.63. The van der Waals surface area contributed by atoms with Crippen LogP contribution in [0.15, 0.2) is 67.8 Å². The van der Waals surface area contributed by atoms with E-state index in [1.54, 1.807) is 6.92 Å². The van der Waals surface area contributed by atoms with Crippen molar-refractivity contribution >= 4 is 11.8 Å². The van der Waals surface area contributed by atoms with Crippen LogP contribution in [0.3, 0.4) is 0 Å². The summed E-state index contributed by atoms with van der Waals surface area (Å²) in [4.78, 5) is 38.1. The van der Waals surface area contributed by atoms with Gasteiger partial charge < -0.3 is 4.74 Å². The standard InChI is InChI=1S/C18H14F3N3O4S/c1-2-23-15(25)22-16(26)24(17(23)27)11-3-5-12(6-4-11)28-13-7-9-14(10-8-13)29-18(19,20)21/h3-10H,2H2,1H3,(H,22,25,26). The Morgan fingerprint density at radius 2 is 1.48 bits per heavy atom. The lowest BCUT2D eigenvalue weighted by molar-refractivity contribution is -0.0328. The molecule has 0 fully saturated rings. The zero-order valence-corrected chi connectivity index (χ0v) is 15.7. The van der Waals surface area contributed by atoms with Gasteiger partial charge >= 0.3 is 22.6 Å². The molecule has 0 spiro atoms. The first-order valence-electron chi connectivity index (χ1n) is 8.28. The fourth-order valence-corrected chi connectivity index (χ4v) is 3.06. The number of H-pyrrole nitrogens is 1. The third kappa shape index (κ3) is 4.80. The highest BCUT2D eigenvalue weighted by molar-refractivity contribution is 8.00. The van der Waals surface area contributed by atoms with Gasteiger partial charge in [0.05, 0.1) is 5.69 Å². The topological polar surface area (TPSA) is 86.1 Å². The van der Waals surface area contributed by atoms with Gasteiger partial charge in [0, 0.05) is 11.4 Å². The summed E-state index contributed by atoms with van der Waals surface area (Å²) in [5.41, 5.74) is -6.56. The average molecular weight is 425 g/mol. The molecule has 0 radical (unpaired) electrons. The number of halogens is 3. The van der Waals surface area contributed by atoms with Gasteiger partial charge in [-0.1, -0.05) is 0 Å². The molecule has 1 N–H and O–H groups in total. The van der Waals surface area contributed by atoms with Crippen molar-refractivity contribution in [3.8, 4) is 17.2 Å². The first kappa shape index (κ1) is 20.5. The Morgan fingerprint density at radius 1 is 0.931 bits per heavy atom. The van der Waals surface area contributed by atoms with Crippen molar-refractivity contribution in [1.82, 2.24) is 14.1 Å². The summed E-state index contributed by atoms with van der Waals surface area (Å²) in [5, 5.41) is 0. The molecule has 3 aromatic rings. The number of aromatic nitrogens is 3. The molecule has 1 aromatic heterocycles. The van der Waals surface area contributed by atoms with Crippen molar-refractivity contribution in [2.75, 3.05) is 0 Å². The highest BCUT2D eigenvalue weighted by atomic mass is 32.2. The molecule has 29 heavy (non-hydrogen) atoms. The van der Waals surface area contributed by atoms with Gasteiger partial charge in [-0.25, -0.2) is 23.5 Å². The molecule has 0 saturated carbocycles. The zero-order chi connectivity index (χ0) is 21.2. The van der Waals surface area contributed by atoms with Crippen LogP contribution in [0.2, 0.25) is 0 Å². The lowest BCUT2D eigenvalue weighted by atomic mass is 10.3. The van der Waals surface area contributed by atoms with Gasteiger partial charge in [0.15, 0.2) is 0 Å². The van der Waals surface area contributed by atoms with Crippen molar-refractivity contribution in [3.05, 3.63) is 80.0 Å². The molecule has 0 aliphatic heterocycles. The maximum Gasteiger partial charge on any atom is 0.446 e. The highest BCUT2D eigenvalue weighted by Gasteiger charge is 2.29. The van der Waals surface area contributed by atoms with Crippen LogP contribution in [0.25, 0.3) is 5.69 Å². The van der Waals surface area contributed by atoms with E-state index in [2.05, 4.69) is 4.98 Å². The smallest absolute Gasteiger partial charge is 0.446 e. The summed E-state index contributed by atoms with van der Waals surface area (Å²) in [6, 6.07) is 11.2. The van der Waals surface area contributed by atoms with Crippen molar-refractivity contribution in [1.29, 1.82) is 0 Å². The predicted octanol–water partition coefficient (Wildman–Crippen LogP) is 3.11. The number of aromatic amines is 1. The number of rotatable bonds is 5. The lowest BCUT2D eigenvalue weighted by Gasteiger charge is -2.10. The maximum atomic E-state index is 12.4. The van der Waals surface area contributed by atoms with Gasteiger partial charge in [-0.15, -0.1) is 0 Å². The second-order valence-electron chi connectivity index (χ2n) is 5.71. The molecule has 0 unspecified atom stereocenters. The Bertz CT molecular complexity index is 1180. The number of nitrogens with zero attached hydrogens (tertiary/aromatic N) is 2. The fraction of sp³-hybridized carbons (Fsp3) is 0.167. The zero-order valence-electron chi connectivity index (χ0n) is 14.9. The van der Waals surface area contributed by atoms with Crippen LogP contribution in [0.5, 0.6) is 11.5 Å². The number of thioether (sulfide) groups is 1. The van der Waals surface area contributed by atoms with E-state index in [9.17, 15) is 27.6 Å². The molecular formula is C18H14F3N3O4S. The monoisotopic (exact) mass is 425 g/mol. The first-order valence-corrected chi connectivity index (χ1v) is 9.10. The van der Waals surface area contributed by atoms with E-state index in [1.807, 2.05) is 0 Å². The largest absolute Gasteiger partial charge is 0.457 e. The molecule has 0 bridgehead atoms. The van der Waals surface area contributed by atoms with Gasteiger partial charge in [-0.3, -0.25) is 4.98 Å². The molecule has 2 aromatic carbocycles. The number of alkyl halides is 3. The number of benzene rings is 2. The highest BCUT2D eigenvalue weighted by Crippen LogP contribution is 2.37. The molecule has 152 valence electrons. The van der Waals surface area contributed by atoms with Crippen molar-refractivity contribution in [2.45, 2.75) is 23.9 Å². The normalized spacial score (nSPS) is 11.4. The first-order chi connectivity index (χ1) is 13.7. The summed E-state index contributed by atoms with van der Waals surface area (Å²) in [7, 11) is 0. The lowest BCUT2D eigenvalue weighted by Crippen LogP contribution is -2.48. The molecule has 11 heteroatoms. The maximum absolute atomic E-state index is 12.4. The number of hydrogen-bond donors (Lipinski definition) is 1. The minimum absolute atomic E-state index is 0.0323. The molecule has 0 aliphatic carbocycles. The van der Waals surface area contributed by atoms with E-state index < -0.39 is 22.6 Å². The Balaban J connectivity index is 1.82. The van der Waals surface area contributed by atoms with Gasteiger partial charge in [0.25, 0.3) is 0 Å². The summed E-state index contributed by atoms with van der Waals surface area (Å²) < 4.78 is 44.3. The molecule has 1 heterocycles. The minimum atomic E-state index is -4.37. The summed E-state index contributed by atoms with van der Waals surface area (Å²) in [6.07, 6.45) is 0. The van der Waals surface area contributed by atoms with Crippen LogP contribution in [0.1, 0.15) is 6.92 Å². The summed E-state index contributed by atoms with van der Waals surface area (Å²) >= 11 is -0.223. The van der Waals surface area contributed by atoms with Crippen molar-refractivity contribution < 1.29 is 17.9 Å². The van der Waals surface area contributed by atoms with E-state index in [0.29, 0.717) is 11.5 Å². The van der Waals surface area contributed by atoms with Crippen LogP contribution < -0.4 is 21.8 Å². The summed E-state index contributed by atoms with van der Waals surface area (Å²) in [5.74, 6) is 0.664. The number of hydrogen-bond acceptors (Lipinski definition) is 5. The Labute approximate surface area is 165 Å². The molecule has 7 nitrogen and oxygen atoms in total. The van der Waals surface area contributed by atoms with E-state index in [-0.39, 0.29) is 28.9 Å². The third-order valence-electron chi connectivity index (χ3n) is 3.79. The Morgan fingerprint density at radius 3 is 2.00 bits per heavy atom. The van der Waals surface area contributed by atoms with Crippen LogP contribution in [0.4, 0.5) is 13.2 Å². The number of ether oxygens (including phenoxy) is 1. The van der Waals surface area contributed by atoms with Crippen molar-refractivity contribution in [2.24, 2.45) is 0 Å². The summed E-state index contributed by atoms with van der Waals surface area (Å²) in [6.45, 7) is 1.69. The molecule has 0 amide bonds. The van der Waals surface area contributed by atoms with Crippen LogP contribution in [0, 0.1) is 0 Å². The predicted molar refractivity (Wildman–Crippen MR) is 101 cm³/mol. The van der Waals surface area contributed by atoms with E-state index >= 15 is 0 Å². The Kier molecular flexibility index (Phi) is 5.69. The van der Waals surface area contributed by atoms with Crippen LogP contribution in [-0.4, -0.2) is 19.6 Å². The third-order valence-corrected chi connectivity index (χ3v) is 4.53. The molecule has 0 atom stereocenters. The fourth-order valence-electron chi connectivity index (χ4n) is 2.52. The Hall–Kier alpha value is -3.21. The number of nitrogens with one attached hydrogen (secondary N) is 1. The quantitative estimate of drug-likeness (QED) is 0.635. The van der Waals surface area contributed by atoms with E-state index in [0.717, 1.165) is 9.13 Å². The second-order valence-corrected chi connectivity index (χ2v) is 6.85. The second kappa shape index (κ2) is 8.03. The van der Waals surface area contributed by atoms with Crippen LogP contribution in [-0.2, 0) is 6.54 Å². The van der Waals surface area contributed by atoms with E-state index in [4.69, 9.17) is 4.74 Å². The van der Waals surface area contributed by atoms with Crippen LogP contribution >= 0.6 is 11.8 Å². The van der Waals surface area contributed by atoms with Gasteiger partial charge in [-0.05, 0) is 67.2 Å². The molecule has 3 rings (SSSR count). The minimum Gasteiger partial charge on any atom is -0.457 e. The molecule has 0 aliphatic rings. The SMILES string of the molecule is CCn1c(=O)[nH]c(=O)n(-c2ccc(Oc3ccc(SC(F)(F)F)cc3)cc2)c1=O. The van der Waals surface area contributed by atoms with Gasteiger partial charge in [-0.2, -0.15) is 13.2 Å². The van der Waals surface area contributed by atoms with Crippen molar-refractivity contribution in [3.63, 3.8) is 0 Å². The van der Waals surface area contributed by atoms with Gasteiger partial charge in [0.1, 0.15) is 11.5 Å².